The maximum absolute atomic E-state index is 15.0. The monoisotopic (exact) mass is 509 g/mol. The number of benzene rings is 2. The lowest BCUT2D eigenvalue weighted by Gasteiger charge is -2.29. The van der Waals surface area contributed by atoms with E-state index in [-0.39, 0.29) is 34.7 Å². The highest BCUT2D eigenvalue weighted by atomic mass is 32.2. The highest BCUT2D eigenvalue weighted by Crippen LogP contribution is 2.32. The van der Waals surface area contributed by atoms with Gasteiger partial charge in [0.25, 0.3) is 0 Å². The molecule has 1 aromatic heterocycles. The number of carbonyl (C=O) groups excluding carboxylic acids is 1. The number of halogens is 1. The number of sulfone groups is 1. The van der Waals surface area contributed by atoms with Crippen LogP contribution in [0.4, 0.5) is 15.1 Å². The van der Waals surface area contributed by atoms with Gasteiger partial charge in [0.2, 0.25) is 5.95 Å². The van der Waals surface area contributed by atoms with Crippen LogP contribution in [0.5, 0.6) is 0 Å². The third-order valence-corrected chi connectivity index (χ3v) is 8.85. The Morgan fingerprint density at radius 1 is 1.03 bits per heavy atom. The summed E-state index contributed by atoms with van der Waals surface area (Å²) in [6.07, 6.45) is 7.32. The van der Waals surface area contributed by atoms with Gasteiger partial charge in [-0.2, -0.15) is 0 Å². The van der Waals surface area contributed by atoms with Crippen molar-refractivity contribution in [2.75, 3.05) is 18.0 Å². The second-order valence-corrected chi connectivity index (χ2v) is 11.4. The highest BCUT2D eigenvalue weighted by molar-refractivity contribution is 7.91. The fourth-order valence-electron chi connectivity index (χ4n) is 5.22. The van der Waals surface area contributed by atoms with E-state index in [4.69, 9.17) is 5.73 Å². The molecule has 10 heteroatoms. The van der Waals surface area contributed by atoms with E-state index in [1.807, 2.05) is 0 Å². The second-order valence-electron chi connectivity index (χ2n) is 9.29. The molecule has 1 aliphatic carbocycles. The topological polar surface area (TPSA) is 118 Å². The minimum atomic E-state index is -3.67. The average molecular weight is 510 g/mol. The first-order valence-corrected chi connectivity index (χ1v) is 13.8. The zero-order valence-electron chi connectivity index (χ0n) is 19.7. The number of hydrogen-bond donors (Lipinski definition) is 2. The molecule has 0 radical (unpaired) electrons. The van der Waals surface area contributed by atoms with E-state index >= 15 is 4.39 Å². The van der Waals surface area contributed by atoms with Gasteiger partial charge >= 0.3 is 6.03 Å². The number of hydrogen-bond acceptors (Lipinski definition) is 6. The minimum absolute atomic E-state index is 0.0961. The van der Waals surface area contributed by atoms with Gasteiger partial charge in [0.1, 0.15) is 5.82 Å². The molecule has 3 N–H and O–H groups in total. The number of nitrogens with one attached hydrogen (secondary N) is 1. The molecule has 36 heavy (non-hydrogen) atoms. The molecular weight excluding hydrogens is 481 g/mol. The standard InChI is InChI=1S/C26H28FN5O3S/c27-21-14-17(10-11-19(21)18-15-29-25(28)30-16-18)20-6-1-4-9-24(20)36(34,35)13-5-12-32-23-8-3-2-7-22(23)31-26(32)33/h1,4,6,9-11,14-16,22-23H,2-3,5,7-8,12-13H2,(H,31,33)(H2,28,29,30). The molecule has 2 aromatic carbocycles. The maximum atomic E-state index is 15.0. The second kappa shape index (κ2) is 9.85. The van der Waals surface area contributed by atoms with Crippen LogP contribution in [0.25, 0.3) is 22.3 Å². The van der Waals surface area contributed by atoms with Crippen LogP contribution in [0.15, 0.2) is 59.8 Å². The molecule has 2 amide bonds. The molecule has 1 aliphatic heterocycles. The molecule has 2 aliphatic rings. The number of carbonyl (C=O) groups is 1. The lowest BCUT2D eigenvalue weighted by molar-refractivity contribution is 0.191. The van der Waals surface area contributed by atoms with Gasteiger partial charge in [0.15, 0.2) is 9.84 Å². The number of rotatable bonds is 7. The molecule has 1 saturated carbocycles. The summed E-state index contributed by atoms with van der Waals surface area (Å²) in [6.45, 7) is 0.390. The normalized spacial score (nSPS) is 19.7. The summed E-state index contributed by atoms with van der Waals surface area (Å²) >= 11 is 0. The Bertz CT molecular complexity index is 1380. The molecule has 3 aromatic rings. The van der Waals surface area contributed by atoms with Crippen molar-refractivity contribution in [2.24, 2.45) is 0 Å². The van der Waals surface area contributed by atoms with Crippen molar-refractivity contribution in [2.45, 2.75) is 49.1 Å². The molecule has 0 spiro atoms. The van der Waals surface area contributed by atoms with E-state index in [0.29, 0.717) is 35.2 Å². The van der Waals surface area contributed by atoms with E-state index in [0.717, 1.165) is 25.7 Å². The van der Waals surface area contributed by atoms with Crippen LogP contribution < -0.4 is 11.1 Å². The van der Waals surface area contributed by atoms with E-state index in [2.05, 4.69) is 15.3 Å². The summed E-state index contributed by atoms with van der Waals surface area (Å²) in [7, 11) is -3.67. The molecule has 188 valence electrons. The molecule has 2 fully saturated rings. The molecule has 0 bridgehead atoms. The van der Waals surface area contributed by atoms with Gasteiger partial charge in [-0.25, -0.2) is 27.6 Å². The van der Waals surface area contributed by atoms with Gasteiger partial charge in [-0.1, -0.05) is 43.2 Å². The molecule has 1 saturated heterocycles. The third-order valence-electron chi connectivity index (χ3n) is 7.00. The number of aromatic nitrogens is 2. The van der Waals surface area contributed by atoms with Crippen LogP contribution in [-0.4, -0.2) is 53.7 Å². The van der Waals surface area contributed by atoms with Gasteiger partial charge in [-0.3, -0.25) is 0 Å². The quantitative estimate of drug-likeness (QED) is 0.496. The lowest BCUT2D eigenvalue weighted by Crippen LogP contribution is -2.39. The molecule has 8 nitrogen and oxygen atoms in total. The molecule has 5 rings (SSSR count). The number of nitrogen functional groups attached to an aromatic ring is 1. The first kappa shape index (κ1) is 24.2. The van der Waals surface area contributed by atoms with Crippen molar-refractivity contribution in [3.63, 3.8) is 0 Å². The Balaban J connectivity index is 1.34. The SMILES string of the molecule is Nc1ncc(-c2ccc(-c3ccccc3S(=O)(=O)CCCN3C(=O)NC4CCCCC43)cc2F)cn1. The zero-order chi connectivity index (χ0) is 25.3. The Kier molecular flexibility index (Phi) is 6.61. The van der Waals surface area contributed by atoms with Crippen molar-refractivity contribution < 1.29 is 17.6 Å². The van der Waals surface area contributed by atoms with Crippen molar-refractivity contribution in [1.82, 2.24) is 20.2 Å². The van der Waals surface area contributed by atoms with E-state index in [1.54, 1.807) is 41.3 Å². The maximum Gasteiger partial charge on any atom is 0.318 e. The lowest BCUT2D eigenvalue weighted by atomic mass is 9.91. The Hall–Kier alpha value is -3.53. The van der Waals surface area contributed by atoms with Crippen molar-refractivity contribution in [3.8, 4) is 22.3 Å². The van der Waals surface area contributed by atoms with E-state index < -0.39 is 15.7 Å². The van der Waals surface area contributed by atoms with Crippen LogP contribution >= 0.6 is 0 Å². The van der Waals surface area contributed by atoms with Crippen LogP contribution in [0.2, 0.25) is 0 Å². The summed E-state index contributed by atoms with van der Waals surface area (Å²) in [6, 6.07) is 11.4. The van der Waals surface area contributed by atoms with Crippen molar-refractivity contribution in [1.29, 1.82) is 0 Å². The van der Waals surface area contributed by atoms with Gasteiger partial charge in [-0.05, 0) is 37.0 Å². The van der Waals surface area contributed by atoms with E-state index in [1.165, 1.54) is 18.5 Å². The van der Waals surface area contributed by atoms with Gasteiger partial charge < -0.3 is 16.0 Å². The number of fused-ring (bicyclic) bond motifs is 1. The predicted molar refractivity (Wildman–Crippen MR) is 135 cm³/mol. The zero-order valence-corrected chi connectivity index (χ0v) is 20.5. The predicted octanol–water partition coefficient (Wildman–Crippen LogP) is 4.03. The summed E-state index contributed by atoms with van der Waals surface area (Å²) < 4.78 is 41.7. The number of nitrogens with zero attached hydrogens (tertiary/aromatic N) is 3. The van der Waals surface area contributed by atoms with Gasteiger partial charge in [0.05, 0.1) is 22.7 Å². The number of anilines is 1. The first-order chi connectivity index (χ1) is 17.3. The number of amides is 2. The fraction of sp³-hybridized carbons (Fsp3) is 0.346. The van der Waals surface area contributed by atoms with Crippen LogP contribution in [0.1, 0.15) is 32.1 Å². The summed E-state index contributed by atoms with van der Waals surface area (Å²) in [5.74, 6) is -0.525. The van der Waals surface area contributed by atoms with Crippen LogP contribution in [-0.2, 0) is 9.84 Å². The van der Waals surface area contributed by atoms with Crippen molar-refractivity contribution >= 4 is 21.8 Å². The van der Waals surface area contributed by atoms with Crippen LogP contribution in [0.3, 0.4) is 0 Å². The molecule has 2 atom stereocenters. The fourth-order valence-corrected chi connectivity index (χ4v) is 6.75. The number of nitrogens with two attached hydrogens (primary N) is 1. The number of urea groups is 1. The Labute approximate surface area is 209 Å². The van der Waals surface area contributed by atoms with Crippen LogP contribution in [0, 0.1) is 5.82 Å². The summed E-state index contributed by atoms with van der Waals surface area (Å²) in [5.41, 5.74) is 7.17. The van der Waals surface area contributed by atoms with Gasteiger partial charge in [0, 0.05) is 35.6 Å². The summed E-state index contributed by atoms with van der Waals surface area (Å²) in [4.78, 5) is 22.1. The Morgan fingerprint density at radius 3 is 2.56 bits per heavy atom. The molecule has 2 unspecified atom stereocenters. The van der Waals surface area contributed by atoms with E-state index in [9.17, 15) is 13.2 Å². The van der Waals surface area contributed by atoms with Crippen molar-refractivity contribution in [3.05, 3.63) is 60.7 Å². The largest absolute Gasteiger partial charge is 0.368 e. The average Bonchev–Trinajstić information content (AvgIpc) is 3.19. The first-order valence-electron chi connectivity index (χ1n) is 12.1. The Morgan fingerprint density at radius 2 is 1.78 bits per heavy atom. The molecule has 2 heterocycles. The minimum Gasteiger partial charge on any atom is -0.368 e. The smallest absolute Gasteiger partial charge is 0.318 e. The molecular formula is C26H28FN5O3S. The third kappa shape index (κ3) is 4.77. The van der Waals surface area contributed by atoms with Gasteiger partial charge in [-0.15, -0.1) is 0 Å². The summed E-state index contributed by atoms with van der Waals surface area (Å²) in [5, 5.41) is 3.03. The highest BCUT2D eigenvalue weighted by Gasteiger charge is 2.40.